The summed E-state index contributed by atoms with van der Waals surface area (Å²) in [4.78, 5) is 12.5. The molecule has 1 aliphatic heterocycles. The number of carbonyl (C=O) groups is 1. The van der Waals surface area contributed by atoms with Gasteiger partial charge in [0.2, 0.25) is 5.91 Å². The van der Waals surface area contributed by atoms with E-state index in [1.807, 2.05) is 11.6 Å². The highest BCUT2D eigenvalue weighted by Crippen LogP contribution is 2.37. The molecule has 1 N–H and O–H groups in total. The molecule has 5 nitrogen and oxygen atoms in total. The van der Waals surface area contributed by atoms with E-state index in [1.165, 1.54) is 0 Å². The smallest absolute Gasteiger partial charge is 0.235 e. The molecule has 0 spiro atoms. The zero-order valence-electron chi connectivity index (χ0n) is 13.1. The van der Waals surface area contributed by atoms with Crippen LogP contribution in [0.3, 0.4) is 0 Å². The van der Waals surface area contributed by atoms with Gasteiger partial charge in [0.05, 0.1) is 36.2 Å². The van der Waals surface area contributed by atoms with E-state index in [4.69, 9.17) is 4.74 Å². The van der Waals surface area contributed by atoms with Crippen LogP contribution < -0.4 is 5.32 Å². The topological polar surface area (TPSA) is 56.1 Å². The van der Waals surface area contributed by atoms with E-state index in [0.29, 0.717) is 19.1 Å². The summed E-state index contributed by atoms with van der Waals surface area (Å²) in [6, 6.07) is 0. The van der Waals surface area contributed by atoms with Gasteiger partial charge in [-0.15, -0.1) is 0 Å². The Morgan fingerprint density at radius 1 is 1.45 bits per heavy atom. The minimum Gasteiger partial charge on any atom is -0.379 e. The summed E-state index contributed by atoms with van der Waals surface area (Å²) >= 11 is 0. The van der Waals surface area contributed by atoms with Crippen molar-refractivity contribution in [2.75, 3.05) is 18.5 Å². The molecular formula is C15H25N3O2. The summed E-state index contributed by atoms with van der Waals surface area (Å²) in [5.41, 5.74) is 1.43. The molecule has 0 aliphatic carbocycles. The number of amides is 1. The maximum absolute atomic E-state index is 12.5. The maximum atomic E-state index is 12.5. The monoisotopic (exact) mass is 279 g/mol. The minimum absolute atomic E-state index is 0.0472. The Labute approximate surface area is 120 Å². The predicted molar refractivity (Wildman–Crippen MR) is 78.5 cm³/mol. The number of nitrogens with zero attached hydrogens (tertiary/aromatic N) is 2. The quantitative estimate of drug-likeness (QED) is 0.900. The SMILES string of the molecule is Cc1c(NC(=O)C2(C(C)C)COC2)cnn1CC(C)C. The molecular weight excluding hydrogens is 254 g/mol. The molecule has 1 aromatic rings. The fraction of sp³-hybridized carbons (Fsp3) is 0.733. The van der Waals surface area contributed by atoms with Crippen molar-refractivity contribution in [1.82, 2.24) is 9.78 Å². The Hall–Kier alpha value is -1.36. The largest absolute Gasteiger partial charge is 0.379 e. The Bertz CT molecular complexity index is 487. The Morgan fingerprint density at radius 2 is 2.10 bits per heavy atom. The first-order chi connectivity index (χ1) is 9.36. The van der Waals surface area contributed by atoms with Crippen LogP contribution in [0.5, 0.6) is 0 Å². The summed E-state index contributed by atoms with van der Waals surface area (Å²) in [6.07, 6.45) is 1.74. The molecule has 0 aromatic carbocycles. The van der Waals surface area contributed by atoms with Gasteiger partial charge in [0, 0.05) is 6.54 Å². The molecule has 0 unspecified atom stereocenters. The Kier molecular flexibility index (Phi) is 4.18. The van der Waals surface area contributed by atoms with Crippen LogP contribution >= 0.6 is 0 Å². The number of hydrogen-bond donors (Lipinski definition) is 1. The van der Waals surface area contributed by atoms with Gasteiger partial charge >= 0.3 is 0 Å². The van der Waals surface area contributed by atoms with Crippen molar-refractivity contribution >= 4 is 11.6 Å². The molecule has 0 bridgehead atoms. The van der Waals surface area contributed by atoms with E-state index < -0.39 is 0 Å². The molecule has 0 atom stereocenters. The molecule has 0 radical (unpaired) electrons. The number of aromatic nitrogens is 2. The van der Waals surface area contributed by atoms with Crippen molar-refractivity contribution < 1.29 is 9.53 Å². The predicted octanol–water partition coefficient (Wildman–Crippen LogP) is 2.46. The standard InChI is InChI=1S/C15H25N3O2/c1-10(2)7-18-12(5)13(6-16-18)17-14(19)15(11(3)4)8-20-9-15/h6,10-11H,7-9H2,1-5H3,(H,17,19). The van der Waals surface area contributed by atoms with E-state index >= 15 is 0 Å². The molecule has 1 amide bonds. The average Bonchev–Trinajstić information content (AvgIpc) is 2.58. The first-order valence-electron chi connectivity index (χ1n) is 7.28. The molecule has 112 valence electrons. The van der Waals surface area contributed by atoms with Crippen LogP contribution in [-0.2, 0) is 16.1 Å². The van der Waals surface area contributed by atoms with E-state index in [2.05, 4.69) is 38.1 Å². The lowest BCUT2D eigenvalue weighted by atomic mass is 9.74. The third kappa shape index (κ3) is 2.59. The minimum atomic E-state index is -0.382. The maximum Gasteiger partial charge on any atom is 0.235 e. The second-order valence-corrected chi connectivity index (χ2v) is 6.48. The third-order valence-corrected chi connectivity index (χ3v) is 4.17. The van der Waals surface area contributed by atoms with Gasteiger partial charge in [-0.3, -0.25) is 9.48 Å². The summed E-state index contributed by atoms with van der Waals surface area (Å²) < 4.78 is 7.21. The lowest BCUT2D eigenvalue weighted by Crippen LogP contribution is -2.55. The molecule has 1 fully saturated rings. The fourth-order valence-corrected chi connectivity index (χ4v) is 2.39. The molecule has 5 heteroatoms. The molecule has 1 saturated heterocycles. The van der Waals surface area contributed by atoms with Gasteiger partial charge in [0.1, 0.15) is 0 Å². The first-order valence-corrected chi connectivity index (χ1v) is 7.28. The second kappa shape index (κ2) is 5.56. The number of anilines is 1. The van der Waals surface area contributed by atoms with Crippen LogP contribution in [0.15, 0.2) is 6.20 Å². The van der Waals surface area contributed by atoms with Crippen LogP contribution in [0.1, 0.15) is 33.4 Å². The summed E-state index contributed by atoms with van der Waals surface area (Å²) in [6.45, 7) is 12.3. The van der Waals surface area contributed by atoms with Gasteiger partial charge < -0.3 is 10.1 Å². The van der Waals surface area contributed by atoms with E-state index in [1.54, 1.807) is 6.20 Å². The van der Waals surface area contributed by atoms with Crippen LogP contribution in [0.25, 0.3) is 0 Å². The Morgan fingerprint density at radius 3 is 2.55 bits per heavy atom. The van der Waals surface area contributed by atoms with E-state index in [0.717, 1.165) is 17.9 Å². The highest BCUT2D eigenvalue weighted by Gasteiger charge is 2.48. The molecule has 2 heterocycles. The van der Waals surface area contributed by atoms with Crippen molar-refractivity contribution in [2.24, 2.45) is 17.3 Å². The molecule has 0 saturated carbocycles. The average molecular weight is 279 g/mol. The van der Waals surface area contributed by atoms with Crippen LogP contribution in [0.2, 0.25) is 0 Å². The van der Waals surface area contributed by atoms with Gasteiger partial charge in [0.15, 0.2) is 0 Å². The Balaban J connectivity index is 2.10. The second-order valence-electron chi connectivity index (χ2n) is 6.48. The normalized spacial score (nSPS) is 17.4. The number of ether oxygens (including phenoxy) is 1. The van der Waals surface area contributed by atoms with Gasteiger partial charge in [-0.25, -0.2) is 0 Å². The van der Waals surface area contributed by atoms with Crippen molar-refractivity contribution in [2.45, 2.75) is 41.2 Å². The van der Waals surface area contributed by atoms with Crippen molar-refractivity contribution in [1.29, 1.82) is 0 Å². The summed E-state index contributed by atoms with van der Waals surface area (Å²) in [5, 5.41) is 7.38. The van der Waals surface area contributed by atoms with E-state index in [-0.39, 0.29) is 17.2 Å². The van der Waals surface area contributed by atoms with Crippen molar-refractivity contribution in [3.8, 4) is 0 Å². The first kappa shape index (κ1) is 15.0. The van der Waals surface area contributed by atoms with Crippen LogP contribution in [0, 0.1) is 24.2 Å². The zero-order chi connectivity index (χ0) is 14.9. The van der Waals surface area contributed by atoms with Gasteiger partial charge in [0.25, 0.3) is 0 Å². The lowest BCUT2D eigenvalue weighted by Gasteiger charge is -2.43. The van der Waals surface area contributed by atoms with Gasteiger partial charge in [-0.1, -0.05) is 27.7 Å². The van der Waals surface area contributed by atoms with E-state index in [9.17, 15) is 4.79 Å². The molecule has 20 heavy (non-hydrogen) atoms. The fourth-order valence-electron chi connectivity index (χ4n) is 2.39. The third-order valence-electron chi connectivity index (χ3n) is 4.17. The van der Waals surface area contributed by atoms with Crippen molar-refractivity contribution in [3.63, 3.8) is 0 Å². The molecule has 1 aromatic heterocycles. The van der Waals surface area contributed by atoms with Gasteiger partial charge in [-0.2, -0.15) is 5.10 Å². The summed E-state index contributed by atoms with van der Waals surface area (Å²) in [7, 11) is 0. The number of rotatable bonds is 5. The molecule has 1 aliphatic rings. The number of hydrogen-bond acceptors (Lipinski definition) is 3. The van der Waals surface area contributed by atoms with Crippen LogP contribution in [-0.4, -0.2) is 28.9 Å². The highest BCUT2D eigenvalue weighted by atomic mass is 16.5. The highest BCUT2D eigenvalue weighted by molar-refractivity contribution is 5.96. The molecule has 2 rings (SSSR count). The number of carbonyl (C=O) groups excluding carboxylic acids is 1. The van der Waals surface area contributed by atoms with Crippen molar-refractivity contribution in [3.05, 3.63) is 11.9 Å². The lowest BCUT2D eigenvalue weighted by molar-refractivity contribution is -0.166. The summed E-state index contributed by atoms with van der Waals surface area (Å²) in [5.74, 6) is 0.840. The van der Waals surface area contributed by atoms with Gasteiger partial charge in [-0.05, 0) is 18.8 Å². The number of nitrogens with one attached hydrogen (secondary N) is 1. The zero-order valence-corrected chi connectivity index (χ0v) is 13.1. The van der Waals surface area contributed by atoms with Crippen LogP contribution in [0.4, 0.5) is 5.69 Å².